The maximum absolute atomic E-state index is 11.9. The fourth-order valence-corrected chi connectivity index (χ4v) is 2.75. The molecule has 106 valence electrons. The largest absolute Gasteiger partial charge is 0.480 e. The van der Waals surface area contributed by atoms with Gasteiger partial charge in [0.1, 0.15) is 17.9 Å². The number of carboxylic acids is 1. The molecule has 19 heavy (non-hydrogen) atoms. The molecular weight excluding hydrogens is 250 g/mol. The zero-order chi connectivity index (χ0) is 13.8. The Morgan fingerprint density at radius 3 is 2.68 bits per heavy atom. The molecule has 0 spiro atoms. The maximum atomic E-state index is 11.9. The van der Waals surface area contributed by atoms with Crippen LogP contribution in [0.3, 0.4) is 0 Å². The van der Waals surface area contributed by atoms with E-state index in [1.807, 2.05) is 0 Å². The number of ketones is 1. The molecule has 2 fully saturated rings. The summed E-state index contributed by atoms with van der Waals surface area (Å²) in [5.41, 5.74) is 0. The van der Waals surface area contributed by atoms with E-state index in [0.717, 1.165) is 6.42 Å². The van der Waals surface area contributed by atoms with Gasteiger partial charge in [0.25, 0.3) is 0 Å². The standard InChI is InChI=1S/C13H19NO5/c15-9-4-1-3-8(7-9)11(13(17)18)14-12(16)10-5-2-6-19-10/h8,10-11H,1-7H2,(H,14,16)(H,17,18)/t8-,10-,11-/m0/s1. The van der Waals surface area contributed by atoms with E-state index in [4.69, 9.17) is 4.74 Å². The molecular formula is C13H19NO5. The van der Waals surface area contributed by atoms with E-state index in [9.17, 15) is 19.5 Å². The van der Waals surface area contributed by atoms with Gasteiger partial charge in [0, 0.05) is 19.4 Å². The van der Waals surface area contributed by atoms with Crippen LogP contribution in [0, 0.1) is 5.92 Å². The van der Waals surface area contributed by atoms with Gasteiger partial charge in [-0.05, 0) is 31.6 Å². The van der Waals surface area contributed by atoms with Crippen molar-refractivity contribution in [3.05, 3.63) is 0 Å². The zero-order valence-electron chi connectivity index (χ0n) is 10.8. The fraction of sp³-hybridized carbons (Fsp3) is 0.769. The summed E-state index contributed by atoms with van der Waals surface area (Å²) >= 11 is 0. The minimum Gasteiger partial charge on any atom is -0.480 e. The summed E-state index contributed by atoms with van der Waals surface area (Å²) in [5.74, 6) is -1.67. The summed E-state index contributed by atoms with van der Waals surface area (Å²) in [5, 5.41) is 11.8. The van der Waals surface area contributed by atoms with Gasteiger partial charge in [-0.2, -0.15) is 0 Å². The lowest BCUT2D eigenvalue weighted by molar-refractivity contribution is -0.146. The van der Waals surface area contributed by atoms with Crippen molar-refractivity contribution >= 4 is 17.7 Å². The van der Waals surface area contributed by atoms with Crippen LogP contribution >= 0.6 is 0 Å². The van der Waals surface area contributed by atoms with Crippen molar-refractivity contribution in [3.8, 4) is 0 Å². The molecule has 0 bridgehead atoms. The molecule has 1 aliphatic carbocycles. The van der Waals surface area contributed by atoms with E-state index in [1.165, 1.54) is 0 Å². The Morgan fingerprint density at radius 2 is 2.11 bits per heavy atom. The Morgan fingerprint density at radius 1 is 1.32 bits per heavy atom. The quantitative estimate of drug-likeness (QED) is 0.775. The molecule has 2 N–H and O–H groups in total. The van der Waals surface area contributed by atoms with Gasteiger partial charge in [0.05, 0.1) is 0 Å². The third-order valence-corrected chi connectivity index (χ3v) is 3.78. The van der Waals surface area contributed by atoms with Crippen molar-refractivity contribution in [3.63, 3.8) is 0 Å². The molecule has 0 aromatic heterocycles. The van der Waals surface area contributed by atoms with Crippen LogP contribution in [-0.4, -0.2) is 41.5 Å². The Hall–Kier alpha value is -1.43. The number of carbonyl (C=O) groups excluding carboxylic acids is 2. The van der Waals surface area contributed by atoms with Crippen LogP contribution in [0.2, 0.25) is 0 Å². The molecule has 1 saturated heterocycles. The van der Waals surface area contributed by atoms with E-state index in [2.05, 4.69) is 5.32 Å². The van der Waals surface area contributed by atoms with Gasteiger partial charge in [-0.25, -0.2) is 4.79 Å². The molecule has 0 radical (unpaired) electrons. The van der Waals surface area contributed by atoms with Crippen molar-refractivity contribution in [1.82, 2.24) is 5.32 Å². The SMILES string of the molecule is O=C1CCC[C@H]([C@H](NC(=O)[C@@H]2CCCO2)C(=O)O)C1. The highest BCUT2D eigenvalue weighted by atomic mass is 16.5. The Kier molecular flexibility index (Phi) is 4.52. The molecule has 0 unspecified atom stereocenters. The number of amides is 1. The van der Waals surface area contributed by atoms with E-state index in [-0.39, 0.29) is 24.0 Å². The highest BCUT2D eigenvalue weighted by Gasteiger charge is 2.35. The molecule has 6 heteroatoms. The van der Waals surface area contributed by atoms with E-state index in [1.54, 1.807) is 0 Å². The number of ether oxygens (including phenoxy) is 1. The van der Waals surface area contributed by atoms with Gasteiger partial charge >= 0.3 is 5.97 Å². The Bertz CT molecular complexity index is 375. The molecule has 2 aliphatic rings. The first-order chi connectivity index (χ1) is 9.08. The zero-order valence-corrected chi connectivity index (χ0v) is 10.8. The highest BCUT2D eigenvalue weighted by molar-refractivity contribution is 5.87. The lowest BCUT2D eigenvalue weighted by Gasteiger charge is -2.28. The highest BCUT2D eigenvalue weighted by Crippen LogP contribution is 2.25. The number of hydrogen-bond donors (Lipinski definition) is 2. The second-order valence-electron chi connectivity index (χ2n) is 5.22. The Labute approximate surface area is 111 Å². The molecule has 6 nitrogen and oxygen atoms in total. The smallest absolute Gasteiger partial charge is 0.326 e. The topological polar surface area (TPSA) is 92.7 Å². The van der Waals surface area contributed by atoms with Crippen LogP contribution in [-0.2, 0) is 19.1 Å². The number of carboxylic acid groups (broad SMARTS) is 1. The first-order valence-electron chi connectivity index (χ1n) is 6.74. The van der Waals surface area contributed by atoms with Crippen LogP contribution < -0.4 is 5.32 Å². The molecule has 1 aliphatic heterocycles. The summed E-state index contributed by atoms with van der Waals surface area (Å²) < 4.78 is 5.23. The Balaban J connectivity index is 1.97. The summed E-state index contributed by atoms with van der Waals surface area (Å²) in [4.78, 5) is 34.6. The molecule has 0 aromatic carbocycles. The lowest BCUT2D eigenvalue weighted by atomic mass is 9.83. The van der Waals surface area contributed by atoms with Gasteiger partial charge in [0.15, 0.2) is 0 Å². The molecule has 3 atom stereocenters. The van der Waals surface area contributed by atoms with Crippen molar-refractivity contribution in [2.45, 2.75) is 50.7 Å². The molecule has 2 rings (SSSR count). The van der Waals surface area contributed by atoms with Crippen LogP contribution in [0.15, 0.2) is 0 Å². The molecule has 1 heterocycles. The monoisotopic (exact) mass is 269 g/mol. The second kappa shape index (κ2) is 6.14. The minimum absolute atomic E-state index is 0.0777. The third kappa shape index (κ3) is 3.53. The van der Waals surface area contributed by atoms with Crippen LogP contribution in [0.4, 0.5) is 0 Å². The van der Waals surface area contributed by atoms with Crippen molar-refractivity contribution < 1.29 is 24.2 Å². The van der Waals surface area contributed by atoms with Gasteiger partial charge in [-0.1, -0.05) is 0 Å². The van der Waals surface area contributed by atoms with Crippen LogP contribution in [0.5, 0.6) is 0 Å². The third-order valence-electron chi connectivity index (χ3n) is 3.78. The average Bonchev–Trinajstić information content (AvgIpc) is 2.89. The lowest BCUT2D eigenvalue weighted by Crippen LogP contribution is -2.50. The fourth-order valence-electron chi connectivity index (χ4n) is 2.75. The van der Waals surface area contributed by atoms with Crippen molar-refractivity contribution in [2.24, 2.45) is 5.92 Å². The minimum atomic E-state index is -1.08. The number of Topliss-reactive ketones (excluding diaryl/α,β-unsaturated/α-hetero) is 1. The first-order valence-corrected chi connectivity index (χ1v) is 6.74. The number of hydrogen-bond acceptors (Lipinski definition) is 4. The van der Waals surface area contributed by atoms with Crippen LogP contribution in [0.25, 0.3) is 0 Å². The van der Waals surface area contributed by atoms with E-state index < -0.39 is 18.1 Å². The molecule has 0 aromatic rings. The van der Waals surface area contributed by atoms with Gasteiger partial charge in [0.2, 0.25) is 5.91 Å². The van der Waals surface area contributed by atoms with Crippen LogP contribution in [0.1, 0.15) is 38.5 Å². The van der Waals surface area contributed by atoms with E-state index in [0.29, 0.717) is 32.3 Å². The predicted octanol–water partition coefficient (Wildman–Crippen LogP) is 0.494. The number of carbonyl (C=O) groups is 3. The van der Waals surface area contributed by atoms with Gasteiger partial charge < -0.3 is 15.2 Å². The van der Waals surface area contributed by atoms with Gasteiger partial charge in [-0.3, -0.25) is 9.59 Å². The average molecular weight is 269 g/mol. The van der Waals surface area contributed by atoms with Gasteiger partial charge in [-0.15, -0.1) is 0 Å². The summed E-state index contributed by atoms with van der Waals surface area (Å²) in [6.07, 6.45) is 3.02. The van der Waals surface area contributed by atoms with Crippen molar-refractivity contribution in [2.75, 3.05) is 6.61 Å². The first kappa shape index (κ1) is 14.0. The maximum Gasteiger partial charge on any atom is 0.326 e. The number of rotatable bonds is 4. The number of aliphatic carboxylic acids is 1. The number of nitrogens with one attached hydrogen (secondary N) is 1. The van der Waals surface area contributed by atoms with E-state index >= 15 is 0 Å². The molecule has 1 amide bonds. The summed E-state index contributed by atoms with van der Waals surface area (Å²) in [6.45, 7) is 0.539. The summed E-state index contributed by atoms with van der Waals surface area (Å²) in [6, 6.07) is -0.985. The van der Waals surface area contributed by atoms with Crippen molar-refractivity contribution in [1.29, 1.82) is 0 Å². The second-order valence-corrected chi connectivity index (χ2v) is 5.22. The predicted molar refractivity (Wildman–Crippen MR) is 65.5 cm³/mol. The molecule has 1 saturated carbocycles. The summed E-state index contributed by atoms with van der Waals surface area (Å²) in [7, 11) is 0. The normalized spacial score (nSPS) is 28.9.